The maximum absolute atomic E-state index is 12.3. The Morgan fingerprint density at radius 2 is 1.61 bits per heavy atom. The van der Waals surface area contributed by atoms with Crippen LogP contribution in [0, 0.1) is 0 Å². The number of carbonyl (C=O) groups excluding carboxylic acids is 2. The lowest BCUT2D eigenvalue weighted by Crippen LogP contribution is -2.34. The third kappa shape index (κ3) is 6.19. The van der Waals surface area contributed by atoms with Crippen LogP contribution in [0.3, 0.4) is 0 Å². The van der Waals surface area contributed by atoms with Gasteiger partial charge in [0.1, 0.15) is 6.54 Å². The second kappa shape index (κ2) is 9.12. The maximum Gasteiger partial charge on any atom is 0.405 e. The molecule has 0 aliphatic rings. The van der Waals surface area contributed by atoms with Gasteiger partial charge in [0.25, 0.3) is 5.91 Å². The Morgan fingerprint density at radius 1 is 0.964 bits per heavy atom. The number of hydrogen-bond donors (Lipinski definition) is 2. The fourth-order valence-electron chi connectivity index (χ4n) is 2.33. The molecule has 9 heteroatoms. The van der Waals surface area contributed by atoms with Gasteiger partial charge < -0.3 is 20.1 Å². The van der Waals surface area contributed by atoms with Crippen molar-refractivity contribution >= 4 is 17.5 Å². The Labute approximate surface area is 159 Å². The first-order valence-corrected chi connectivity index (χ1v) is 8.17. The summed E-state index contributed by atoms with van der Waals surface area (Å²) in [5.41, 5.74) is 1.34. The molecule has 0 saturated carbocycles. The molecule has 0 radical (unpaired) electrons. The summed E-state index contributed by atoms with van der Waals surface area (Å²) in [5, 5.41) is 4.49. The van der Waals surface area contributed by atoms with Crippen molar-refractivity contribution in [2.75, 3.05) is 26.1 Å². The summed E-state index contributed by atoms with van der Waals surface area (Å²) in [7, 11) is 2.95. The second-order valence-corrected chi connectivity index (χ2v) is 5.79. The first-order valence-electron chi connectivity index (χ1n) is 8.17. The van der Waals surface area contributed by atoms with E-state index in [9.17, 15) is 22.8 Å². The summed E-state index contributed by atoms with van der Waals surface area (Å²) in [5.74, 6) is -0.210. The molecule has 0 aromatic heterocycles. The minimum atomic E-state index is -4.45. The van der Waals surface area contributed by atoms with Crippen LogP contribution in [-0.2, 0) is 11.2 Å². The van der Waals surface area contributed by atoms with Crippen LogP contribution in [0.1, 0.15) is 15.9 Å². The molecule has 0 saturated heterocycles. The van der Waals surface area contributed by atoms with Crippen LogP contribution < -0.4 is 20.1 Å². The summed E-state index contributed by atoms with van der Waals surface area (Å²) in [4.78, 5) is 23.9. The largest absolute Gasteiger partial charge is 0.493 e. The smallest absolute Gasteiger partial charge is 0.405 e. The van der Waals surface area contributed by atoms with Crippen LogP contribution in [0.5, 0.6) is 11.5 Å². The predicted molar refractivity (Wildman–Crippen MR) is 96.7 cm³/mol. The van der Waals surface area contributed by atoms with E-state index in [2.05, 4.69) is 5.32 Å². The highest BCUT2D eigenvalue weighted by molar-refractivity contribution is 6.04. The van der Waals surface area contributed by atoms with Crippen LogP contribution in [0.25, 0.3) is 0 Å². The highest BCUT2D eigenvalue weighted by atomic mass is 19.4. The third-order valence-electron chi connectivity index (χ3n) is 3.71. The summed E-state index contributed by atoms with van der Waals surface area (Å²) in [6.45, 7) is -1.37. The number of halogens is 3. The van der Waals surface area contributed by atoms with E-state index in [1.165, 1.54) is 20.3 Å². The molecular formula is C19H19F3N2O4. The number of benzene rings is 2. The van der Waals surface area contributed by atoms with Crippen molar-refractivity contribution in [1.82, 2.24) is 5.32 Å². The molecule has 0 spiro atoms. The molecule has 150 valence electrons. The van der Waals surface area contributed by atoms with Gasteiger partial charge in [-0.3, -0.25) is 9.59 Å². The third-order valence-corrected chi connectivity index (χ3v) is 3.71. The number of amides is 2. The summed E-state index contributed by atoms with van der Waals surface area (Å²) < 4.78 is 46.5. The molecule has 2 aromatic carbocycles. The first-order chi connectivity index (χ1) is 13.2. The number of carbonyl (C=O) groups is 2. The van der Waals surface area contributed by atoms with Gasteiger partial charge in [0.2, 0.25) is 5.91 Å². The van der Waals surface area contributed by atoms with Gasteiger partial charge in [0, 0.05) is 11.3 Å². The maximum atomic E-state index is 12.3. The van der Waals surface area contributed by atoms with E-state index in [1.807, 2.05) is 0 Å². The van der Waals surface area contributed by atoms with E-state index in [-0.39, 0.29) is 12.3 Å². The van der Waals surface area contributed by atoms with E-state index in [1.54, 1.807) is 41.7 Å². The van der Waals surface area contributed by atoms with E-state index in [4.69, 9.17) is 9.47 Å². The van der Waals surface area contributed by atoms with E-state index < -0.39 is 18.6 Å². The predicted octanol–water partition coefficient (Wildman–Crippen LogP) is 3.18. The Morgan fingerprint density at radius 3 is 2.18 bits per heavy atom. The fourth-order valence-corrected chi connectivity index (χ4v) is 2.33. The molecule has 0 heterocycles. The van der Waals surface area contributed by atoms with Crippen molar-refractivity contribution in [2.45, 2.75) is 12.6 Å². The van der Waals surface area contributed by atoms with Crippen molar-refractivity contribution < 1.29 is 32.2 Å². The summed E-state index contributed by atoms with van der Waals surface area (Å²) >= 11 is 0. The van der Waals surface area contributed by atoms with Gasteiger partial charge in [-0.2, -0.15) is 13.2 Å². The molecule has 2 rings (SSSR count). The summed E-state index contributed by atoms with van der Waals surface area (Å²) in [6, 6.07) is 10.9. The first kappa shape index (κ1) is 21.1. The van der Waals surface area contributed by atoms with Gasteiger partial charge in [-0.05, 0) is 35.9 Å². The molecule has 2 amide bonds. The zero-order valence-corrected chi connectivity index (χ0v) is 15.2. The number of anilines is 1. The Hall–Kier alpha value is -3.23. The van der Waals surface area contributed by atoms with Gasteiger partial charge >= 0.3 is 6.18 Å². The van der Waals surface area contributed by atoms with Gasteiger partial charge in [-0.25, -0.2) is 0 Å². The Bertz CT molecular complexity index is 836. The van der Waals surface area contributed by atoms with Crippen LogP contribution in [0.15, 0.2) is 42.5 Å². The lowest BCUT2D eigenvalue weighted by molar-refractivity contribution is -0.138. The number of hydrogen-bond acceptors (Lipinski definition) is 4. The molecule has 2 N–H and O–H groups in total. The molecule has 0 fully saturated rings. The number of ether oxygens (including phenoxy) is 2. The van der Waals surface area contributed by atoms with Crippen molar-refractivity contribution in [2.24, 2.45) is 0 Å². The molecule has 0 atom stereocenters. The molecule has 0 aliphatic carbocycles. The zero-order chi connectivity index (χ0) is 20.7. The van der Waals surface area contributed by atoms with Crippen LogP contribution >= 0.6 is 0 Å². The van der Waals surface area contributed by atoms with Crippen LogP contribution in [-0.4, -0.2) is 38.8 Å². The highest BCUT2D eigenvalue weighted by Gasteiger charge is 2.27. The number of nitrogens with one attached hydrogen (secondary N) is 2. The summed E-state index contributed by atoms with van der Waals surface area (Å²) in [6.07, 6.45) is -4.64. The van der Waals surface area contributed by atoms with Crippen LogP contribution in [0.4, 0.5) is 18.9 Å². The van der Waals surface area contributed by atoms with Gasteiger partial charge in [0.15, 0.2) is 11.5 Å². The van der Waals surface area contributed by atoms with Crippen molar-refractivity contribution in [3.05, 3.63) is 53.6 Å². The molecule has 0 bridgehead atoms. The quantitative estimate of drug-likeness (QED) is 0.754. The topological polar surface area (TPSA) is 76.7 Å². The van der Waals surface area contributed by atoms with E-state index >= 15 is 0 Å². The molecular weight excluding hydrogens is 377 g/mol. The van der Waals surface area contributed by atoms with Crippen LogP contribution in [0.2, 0.25) is 0 Å². The standard InChI is InChI=1S/C19H19F3N2O4/c1-27-15-8-5-13(10-16(15)28-2)18(26)24-14-6-3-12(4-7-14)9-17(25)23-11-19(20,21)22/h3-8,10H,9,11H2,1-2H3,(H,23,25)(H,24,26). The molecule has 0 aliphatic heterocycles. The molecule has 2 aromatic rings. The number of rotatable bonds is 7. The normalized spacial score (nSPS) is 10.9. The number of alkyl halides is 3. The monoisotopic (exact) mass is 396 g/mol. The molecule has 6 nitrogen and oxygen atoms in total. The number of methoxy groups -OCH3 is 2. The average molecular weight is 396 g/mol. The Balaban J connectivity index is 1.96. The SMILES string of the molecule is COc1ccc(C(=O)Nc2ccc(CC(=O)NCC(F)(F)F)cc2)cc1OC. The van der Waals surface area contributed by atoms with Gasteiger partial charge in [-0.1, -0.05) is 12.1 Å². The van der Waals surface area contributed by atoms with Crippen molar-refractivity contribution in [3.8, 4) is 11.5 Å². The molecule has 0 unspecified atom stereocenters. The fraction of sp³-hybridized carbons (Fsp3) is 0.263. The van der Waals surface area contributed by atoms with Gasteiger partial charge in [-0.15, -0.1) is 0 Å². The average Bonchev–Trinajstić information content (AvgIpc) is 2.66. The highest BCUT2D eigenvalue weighted by Crippen LogP contribution is 2.27. The molecule has 28 heavy (non-hydrogen) atoms. The minimum Gasteiger partial charge on any atom is -0.493 e. The van der Waals surface area contributed by atoms with E-state index in [0.29, 0.717) is 28.3 Å². The zero-order valence-electron chi connectivity index (χ0n) is 15.2. The van der Waals surface area contributed by atoms with Crippen molar-refractivity contribution in [3.63, 3.8) is 0 Å². The lowest BCUT2D eigenvalue weighted by Gasteiger charge is -2.11. The minimum absolute atomic E-state index is 0.194. The second-order valence-electron chi connectivity index (χ2n) is 5.79. The van der Waals surface area contributed by atoms with E-state index in [0.717, 1.165) is 0 Å². The Kier molecular flexibility index (Phi) is 6.86. The van der Waals surface area contributed by atoms with Gasteiger partial charge in [0.05, 0.1) is 20.6 Å². The van der Waals surface area contributed by atoms with Crippen molar-refractivity contribution in [1.29, 1.82) is 0 Å². The lowest BCUT2D eigenvalue weighted by atomic mass is 10.1.